The summed E-state index contributed by atoms with van der Waals surface area (Å²) in [6.45, 7) is 2.58. The summed E-state index contributed by atoms with van der Waals surface area (Å²) in [6, 6.07) is 5.12. The molecule has 0 amide bonds. The molecule has 0 aliphatic carbocycles. The predicted molar refractivity (Wildman–Crippen MR) is 82.4 cm³/mol. The van der Waals surface area contributed by atoms with Crippen LogP contribution in [-0.4, -0.2) is 29.7 Å². The molecule has 6 nitrogen and oxygen atoms in total. The van der Waals surface area contributed by atoms with Crippen molar-refractivity contribution in [1.29, 1.82) is 0 Å². The summed E-state index contributed by atoms with van der Waals surface area (Å²) in [4.78, 5) is 8.10. The third-order valence-corrected chi connectivity index (χ3v) is 3.19. The SMILES string of the molecule is CN=C(NCCc1ccc(C(F)(F)F)cc1)NCc1noc(C)n1. The third kappa shape index (κ3) is 5.25. The van der Waals surface area contributed by atoms with Gasteiger partial charge in [-0.3, -0.25) is 4.99 Å². The first-order valence-electron chi connectivity index (χ1n) is 7.28. The molecule has 0 aliphatic rings. The van der Waals surface area contributed by atoms with E-state index in [1.165, 1.54) is 12.1 Å². The van der Waals surface area contributed by atoms with Gasteiger partial charge in [0, 0.05) is 20.5 Å². The Balaban J connectivity index is 1.77. The number of nitrogens with one attached hydrogen (secondary N) is 2. The van der Waals surface area contributed by atoms with Crippen molar-refractivity contribution >= 4 is 5.96 Å². The van der Waals surface area contributed by atoms with Gasteiger partial charge in [-0.1, -0.05) is 17.3 Å². The van der Waals surface area contributed by atoms with E-state index < -0.39 is 11.7 Å². The normalized spacial score (nSPS) is 12.3. The summed E-state index contributed by atoms with van der Waals surface area (Å²) >= 11 is 0. The smallest absolute Gasteiger partial charge is 0.356 e. The molecular formula is C15H18F3N5O. The predicted octanol–water partition coefficient (Wildman–Crippen LogP) is 2.30. The Labute approximate surface area is 137 Å². The van der Waals surface area contributed by atoms with Gasteiger partial charge in [-0.2, -0.15) is 18.2 Å². The van der Waals surface area contributed by atoms with Gasteiger partial charge >= 0.3 is 6.18 Å². The second-order valence-corrected chi connectivity index (χ2v) is 5.03. The zero-order valence-corrected chi connectivity index (χ0v) is 13.3. The van der Waals surface area contributed by atoms with E-state index in [0.717, 1.165) is 17.7 Å². The number of aryl methyl sites for hydroxylation is 1. The van der Waals surface area contributed by atoms with Crippen molar-refractivity contribution in [1.82, 2.24) is 20.8 Å². The molecule has 0 bridgehead atoms. The maximum atomic E-state index is 12.5. The van der Waals surface area contributed by atoms with Gasteiger partial charge in [0.15, 0.2) is 11.8 Å². The third-order valence-electron chi connectivity index (χ3n) is 3.19. The van der Waals surface area contributed by atoms with Gasteiger partial charge in [0.05, 0.1) is 12.1 Å². The van der Waals surface area contributed by atoms with Crippen LogP contribution in [0.4, 0.5) is 13.2 Å². The van der Waals surface area contributed by atoms with Crippen LogP contribution in [0.3, 0.4) is 0 Å². The highest BCUT2D eigenvalue weighted by Gasteiger charge is 2.29. The van der Waals surface area contributed by atoms with E-state index in [1.807, 2.05) is 0 Å². The van der Waals surface area contributed by atoms with Crippen molar-refractivity contribution in [2.45, 2.75) is 26.1 Å². The number of guanidine groups is 1. The van der Waals surface area contributed by atoms with E-state index >= 15 is 0 Å². The van der Waals surface area contributed by atoms with Gasteiger partial charge in [-0.25, -0.2) is 0 Å². The molecule has 0 fully saturated rings. The number of alkyl halides is 3. The summed E-state index contributed by atoms with van der Waals surface area (Å²) in [6.07, 6.45) is -3.74. The maximum Gasteiger partial charge on any atom is 0.416 e. The van der Waals surface area contributed by atoms with Crippen molar-refractivity contribution in [3.63, 3.8) is 0 Å². The minimum atomic E-state index is -4.31. The molecule has 9 heteroatoms. The first-order valence-corrected chi connectivity index (χ1v) is 7.28. The number of hydrogen-bond donors (Lipinski definition) is 2. The number of nitrogens with zero attached hydrogens (tertiary/aromatic N) is 3. The summed E-state index contributed by atoms with van der Waals surface area (Å²) in [7, 11) is 1.62. The number of aliphatic imine (C=N–C) groups is 1. The van der Waals surface area contributed by atoms with Crippen LogP contribution < -0.4 is 10.6 Å². The van der Waals surface area contributed by atoms with Gasteiger partial charge in [-0.05, 0) is 24.1 Å². The second kappa shape index (κ2) is 7.80. The highest BCUT2D eigenvalue weighted by molar-refractivity contribution is 5.79. The Morgan fingerprint density at radius 2 is 1.92 bits per heavy atom. The topological polar surface area (TPSA) is 75.3 Å². The number of rotatable bonds is 5. The molecule has 0 saturated carbocycles. The molecule has 0 spiro atoms. The zero-order valence-electron chi connectivity index (χ0n) is 13.3. The average molecular weight is 341 g/mol. The van der Waals surface area contributed by atoms with E-state index in [4.69, 9.17) is 4.52 Å². The Morgan fingerprint density at radius 3 is 2.46 bits per heavy atom. The van der Waals surface area contributed by atoms with Gasteiger partial charge < -0.3 is 15.2 Å². The molecule has 130 valence electrons. The molecule has 1 aromatic heterocycles. The Kier molecular flexibility index (Phi) is 5.78. The van der Waals surface area contributed by atoms with Gasteiger partial charge in [0.25, 0.3) is 0 Å². The lowest BCUT2D eigenvalue weighted by Crippen LogP contribution is -2.38. The van der Waals surface area contributed by atoms with E-state index in [0.29, 0.717) is 37.2 Å². The number of hydrogen-bond acceptors (Lipinski definition) is 4. The fourth-order valence-corrected chi connectivity index (χ4v) is 1.98. The molecule has 0 unspecified atom stereocenters. The molecule has 0 saturated heterocycles. The molecule has 0 radical (unpaired) electrons. The summed E-state index contributed by atoms with van der Waals surface area (Å²) in [5.74, 6) is 1.54. The largest absolute Gasteiger partial charge is 0.416 e. The molecule has 2 N–H and O–H groups in total. The Morgan fingerprint density at radius 1 is 1.21 bits per heavy atom. The van der Waals surface area contributed by atoms with Crippen molar-refractivity contribution in [3.05, 3.63) is 47.1 Å². The van der Waals surface area contributed by atoms with Crippen LogP contribution in [0.2, 0.25) is 0 Å². The van der Waals surface area contributed by atoms with Gasteiger partial charge in [0.2, 0.25) is 5.89 Å². The molecular weight excluding hydrogens is 323 g/mol. The van der Waals surface area contributed by atoms with Crippen LogP contribution in [0.15, 0.2) is 33.8 Å². The molecule has 24 heavy (non-hydrogen) atoms. The lowest BCUT2D eigenvalue weighted by Gasteiger charge is -2.11. The van der Waals surface area contributed by atoms with E-state index in [1.54, 1.807) is 14.0 Å². The maximum absolute atomic E-state index is 12.5. The Bertz CT molecular complexity index is 679. The quantitative estimate of drug-likeness (QED) is 0.645. The van der Waals surface area contributed by atoms with Gasteiger partial charge in [-0.15, -0.1) is 0 Å². The fraction of sp³-hybridized carbons (Fsp3) is 0.400. The minimum absolute atomic E-state index is 0.358. The van der Waals surface area contributed by atoms with Crippen molar-refractivity contribution < 1.29 is 17.7 Å². The highest BCUT2D eigenvalue weighted by atomic mass is 19.4. The van der Waals surface area contributed by atoms with Crippen LogP contribution >= 0.6 is 0 Å². The van der Waals surface area contributed by atoms with Crippen molar-refractivity contribution in [2.75, 3.05) is 13.6 Å². The van der Waals surface area contributed by atoms with Crippen LogP contribution in [0.25, 0.3) is 0 Å². The number of halogens is 3. The molecule has 0 atom stereocenters. The zero-order chi connectivity index (χ0) is 17.6. The van der Waals surface area contributed by atoms with Crippen LogP contribution in [-0.2, 0) is 19.1 Å². The lowest BCUT2D eigenvalue weighted by atomic mass is 10.1. The first kappa shape index (κ1) is 17.8. The highest BCUT2D eigenvalue weighted by Crippen LogP contribution is 2.29. The minimum Gasteiger partial charge on any atom is -0.356 e. The fourth-order valence-electron chi connectivity index (χ4n) is 1.98. The van der Waals surface area contributed by atoms with E-state index in [2.05, 4.69) is 25.8 Å². The second-order valence-electron chi connectivity index (χ2n) is 5.03. The summed E-state index contributed by atoms with van der Waals surface area (Å²) in [5.41, 5.74) is 0.159. The van der Waals surface area contributed by atoms with E-state index in [9.17, 15) is 13.2 Å². The monoisotopic (exact) mass is 341 g/mol. The van der Waals surface area contributed by atoms with E-state index in [-0.39, 0.29) is 0 Å². The van der Waals surface area contributed by atoms with Gasteiger partial charge in [0.1, 0.15) is 0 Å². The first-order chi connectivity index (χ1) is 11.4. The molecule has 1 aromatic carbocycles. The van der Waals surface area contributed by atoms with Crippen LogP contribution in [0.5, 0.6) is 0 Å². The standard InChI is InChI=1S/C15H18F3N5O/c1-10-22-13(23-24-10)9-21-14(19-2)20-8-7-11-3-5-12(6-4-11)15(16,17)18/h3-6H,7-9H2,1-2H3,(H2,19,20,21). The van der Waals surface area contributed by atoms with Crippen molar-refractivity contribution in [2.24, 2.45) is 4.99 Å². The lowest BCUT2D eigenvalue weighted by molar-refractivity contribution is -0.137. The van der Waals surface area contributed by atoms with Crippen molar-refractivity contribution in [3.8, 4) is 0 Å². The number of aromatic nitrogens is 2. The summed E-state index contributed by atoms with van der Waals surface area (Å²) < 4.78 is 42.4. The molecule has 0 aliphatic heterocycles. The molecule has 2 rings (SSSR count). The molecule has 2 aromatic rings. The molecule has 1 heterocycles. The Hall–Kier alpha value is -2.58. The summed E-state index contributed by atoms with van der Waals surface area (Å²) in [5, 5.41) is 9.84. The van der Waals surface area contributed by atoms with Crippen LogP contribution in [0.1, 0.15) is 22.8 Å². The van der Waals surface area contributed by atoms with Crippen LogP contribution in [0, 0.1) is 6.92 Å². The average Bonchev–Trinajstić information content (AvgIpc) is 2.96. The number of benzene rings is 1.